The summed E-state index contributed by atoms with van der Waals surface area (Å²) in [5, 5.41) is 7.21. The summed E-state index contributed by atoms with van der Waals surface area (Å²) in [5.74, 6) is 0. The summed E-state index contributed by atoms with van der Waals surface area (Å²) in [4.78, 5) is 0. The predicted molar refractivity (Wildman–Crippen MR) is 213 cm³/mol. The molecule has 0 aliphatic heterocycles. The molecule has 0 amide bonds. The van der Waals surface area contributed by atoms with Crippen LogP contribution in [0.2, 0.25) is 0 Å². The lowest BCUT2D eigenvalue weighted by Crippen LogP contribution is -1.95. The molecule has 0 aliphatic rings. The maximum absolute atomic E-state index is 6.27. The van der Waals surface area contributed by atoms with E-state index in [-0.39, 0.29) is 0 Å². The van der Waals surface area contributed by atoms with Gasteiger partial charge in [-0.05, 0) is 89.0 Å². The molecule has 51 heavy (non-hydrogen) atoms. The van der Waals surface area contributed by atoms with E-state index < -0.39 is 0 Å². The summed E-state index contributed by atoms with van der Waals surface area (Å²) in [6, 6.07) is 65.5. The molecule has 8 aromatic carbocycles. The fourth-order valence-corrected chi connectivity index (χ4v) is 8.13. The molecule has 0 unspecified atom stereocenters. The minimum absolute atomic E-state index is 0.918. The standard InChI is InChI=1S/C48H30N2O/c1-2-10-31(11-3-1)34-22-27-45-40(28-34)37-12-4-7-15-43(37)49(45)35-23-18-32(19-24-35)33-20-25-36(26-21-33)50-44-16-8-5-13-38(44)41-30-48-42(29-46(41)50)39-14-6-9-17-47(39)51-48/h1-30H. The fourth-order valence-electron chi connectivity index (χ4n) is 8.13. The fraction of sp³-hybridized carbons (Fsp3) is 0. The Morgan fingerprint density at radius 2 is 0.765 bits per heavy atom. The van der Waals surface area contributed by atoms with Crippen LogP contribution in [0.15, 0.2) is 186 Å². The topological polar surface area (TPSA) is 23.0 Å². The van der Waals surface area contributed by atoms with Crippen LogP contribution in [0.1, 0.15) is 0 Å². The molecule has 0 saturated carbocycles. The second-order valence-corrected chi connectivity index (χ2v) is 13.4. The van der Waals surface area contributed by atoms with E-state index in [0.29, 0.717) is 0 Å². The van der Waals surface area contributed by atoms with Crippen molar-refractivity contribution < 1.29 is 4.42 Å². The molecule has 238 valence electrons. The monoisotopic (exact) mass is 650 g/mol. The lowest BCUT2D eigenvalue weighted by atomic mass is 10.0. The first-order valence-corrected chi connectivity index (χ1v) is 17.4. The Labute approximate surface area is 293 Å². The van der Waals surface area contributed by atoms with Crippen molar-refractivity contribution >= 4 is 65.6 Å². The van der Waals surface area contributed by atoms with Gasteiger partial charge in [0.25, 0.3) is 0 Å². The van der Waals surface area contributed by atoms with E-state index in [2.05, 4.69) is 179 Å². The third kappa shape index (κ3) is 4.25. The van der Waals surface area contributed by atoms with E-state index in [1.807, 2.05) is 12.1 Å². The molecule has 3 aromatic heterocycles. The van der Waals surface area contributed by atoms with Gasteiger partial charge in [0, 0.05) is 43.7 Å². The molecule has 3 heterocycles. The Bertz CT molecular complexity index is 3100. The molecular formula is C48H30N2O. The molecule has 0 fully saturated rings. The van der Waals surface area contributed by atoms with Crippen molar-refractivity contribution in [2.75, 3.05) is 0 Å². The first-order chi connectivity index (χ1) is 25.3. The van der Waals surface area contributed by atoms with Crippen molar-refractivity contribution in [3.8, 4) is 33.6 Å². The molecule has 11 aromatic rings. The van der Waals surface area contributed by atoms with E-state index in [1.54, 1.807) is 0 Å². The van der Waals surface area contributed by atoms with Crippen LogP contribution >= 0.6 is 0 Å². The molecular weight excluding hydrogens is 621 g/mol. The van der Waals surface area contributed by atoms with Crippen LogP contribution in [0.3, 0.4) is 0 Å². The number of benzene rings is 8. The van der Waals surface area contributed by atoms with Crippen molar-refractivity contribution in [3.05, 3.63) is 182 Å². The molecule has 0 radical (unpaired) electrons. The van der Waals surface area contributed by atoms with E-state index in [0.717, 1.165) is 33.3 Å². The van der Waals surface area contributed by atoms with Crippen LogP contribution in [-0.2, 0) is 0 Å². The van der Waals surface area contributed by atoms with Crippen LogP contribution in [0.5, 0.6) is 0 Å². The maximum Gasteiger partial charge on any atom is 0.136 e. The summed E-state index contributed by atoms with van der Waals surface area (Å²) in [7, 11) is 0. The van der Waals surface area contributed by atoms with E-state index in [1.165, 1.54) is 65.9 Å². The Hall–Kier alpha value is -6.84. The SMILES string of the molecule is c1ccc(-c2ccc3c(c2)c2ccccc2n3-c2ccc(-c3ccc(-n4c5ccccc5c5cc6oc7ccccc7c6cc54)cc3)cc2)cc1. The van der Waals surface area contributed by atoms with Crippen molar-refractivity contribution in [3.63, 3.8) is 0 Å². The zero-order valence-electron chi connectivity index (χ0n) is 27.6. The Balaban J connectivity index is 0.987. The molecule has 0 atom stereocenters. The number of fused-ring (bicyclic) bond motifs is 9. The minimum Gasteiger partial charge on any atom is -0.456 e. The van der Waals surface area contributed by atoms with Gasteiger partial charge in [0.2, 0.25) is 0 Å². The summed E-state index contributed by atoms with van der Waals surface area (Å²) in [6.07, 6.45) is 0. The maximum atomic E-state index is 6.27. The Morgan fingerprint density at radius 3 is 1.43 bits per heavy atom. The average molecular weight is 651 g/mol. The van der Waals surface area contributed by atoms with Gasteiger partial charge in [0.15, 0.2) is 0 Å². The quantitative estimate of drug-likeness (QED) is 0.186. The van der Waals surface area contributed by atoms with Gasteiger partial charge in [-0.3, -0.25) is 0 Å². The smallest absolute Gasteiger partial charge is 0.136 e. The molecule has 0 aliphatic carbocycles. The molecule has 3 nitrogen and oxygen atoms in total. The Morgan fingerprint density at radius 1 is 0.275 bits per heavy atom. The number of hydrogen-bond donors (Lipinski definition) is 0. The second kappa shape index (κ2) is 10.8. The van der Waals surface area contributed by atoms with Crippen LogP contribution in [0.4, 0.5) is 0 Å². The highest BCUT2D eigenvalue weighted by atomic mass is 16.3. The highest BCUT2D eigenvalue weighted by Crippen LogP contribution is 2.39. The van der Waals surface area contributed by atoms with E-state index >= 15 is 0 Å². The third-order valence-corrected chi connectivity index (χ3v) is 10.5. The van der Waals surface area contributed by atoms with Gasteiger partial charge in [-0.2, -0.15) is 0 Å². The number of rotatable bonds is 4. The summed E-state index contributed by atoms with van der Waals surface area (Å²) in [5.41, 5.74) is 13.7. The molecule has 0 spiro atoms. The van der Waals surface area contributed by atoms with Crippen molar-refractivity contribution in [2.24, 2.45) is 0 Å². The van der Waals surface area contributed by atoms with Crippen LogP contribution in [0.25, 0.3) is 99.2 Å². The molecule has 11 rings (SSSR count). The lowest BCUT2D eigenvalue weighted by molar-refractivity contribution is 0.669. The van der Waals surface area contributed by atoms with E-state index in [9.17, 15) is 0 Å². The highest BCUT2D eigenvalue weighted by Gasteiger charge is 2.17. The molecule has 0 N–H and O–H groups in total. The van der Waals surface area contributed by atoms with Crippen molar-refractivity contribution in [1.29, 1.82) is 0 Å². The van der Waals surface area contributed by atoms with Gasteiger partial charge < -0.3 is 13.6 Å². The summed E-state index contributed by atoms with van der Waals surface area (Å²) >= 11 is 0. The van der Waals surface area contributed by atoms with Gasteiger partial charge in [-0.25, -0.2) is 0 Å². The average Bonchev–Trinajstić information content (AvgIpc) is 3.84. The number of nitrogens with zero attached hydrogens (tertiary/aromatic N) is 2. The number of furan rings is 1. The van der Waals surface area contributed by atoms with E-state index in [4.69, 9.17) is 4.42 Å². The summed E-state index contributed by atoms with van der Waals surface area (Å²) in [6.45, 7) is 0. The molecule has 3 heteroatoms. The predicted octanol–water partition coefficient (Wildman–Crippen LogP) is 13.1. The number of hydrogen-bond acceptors (Lipinski definition) is 1. The molecule has 0 bridgehead atoms. The first kappa shape index (κ1) is 28.0. The third-order valence-electron chi connectivity index (χ3n) is 10.5. The molecule has 0 saturated heterocycles. The van der Waals surface area contributed by atoms with Gasteiger partial charge >= 0.3 is 0 Å². The van der Waals surface area contributed by atoms with Crippen molar-refractivity contribution in [1.82, 2.24) is 9.13 Å². The van der Waals surface area contributed by atoms with Crippen LogP contribution in [0, 0.1) is 0 Å². The van der Waals surface area contributed by atoms with Gasteiger partial charge in [0.05, 0.1) is 22.1 Å². The van der Waals surface area contributed by atoms with Gasteiger partial charge in [-0.15, -0.1) is 0 Å². The summed E-state index contributed by atoms with van der Waals surface area (Å²) < 4.78 is 11.0. The van der Waals surface area contributed by atoms with Crippen LogP contribution in [-0.4, -0.2) is 9.13 Å². The lowest BCUT2D eigenvalue weighted by Gasteiger charge is -2.11. The zero-order chi connectivity index (χ0) is 33.5. The zero-order valence-corrected chi connectivity index (χ0v) is 27.6. The highest BCUT2D eigenvalue weighted by molar-refractivity contribution is 6.17. The van der Waals surface area contributed by atoms with Gasteiger partial charge in [0.1, 0.15) is 11.2 Å². The largest absolute Gasteiger partial charge is 0.456 e. The number of para-hydroxylation sites is 3. The first-order valence-electron chi connectivity index (χ1n) is 17.4. The number of aromatic nitrogens is 2. The van der Waals surface area contributed by atoms with Gasteiger partial charge in [-0.1, -0.05) is 115 Å². The Kier molecular flexibility index (Phi) is 5.96. The van der Waals surface area contributed by atoms with Crippen LogP contribution < -0.4 is 0 Å². The van der Waals surface area contributed by atoms with Crippen molar-refractivity contribution in [2.45, 2.75) is 0 Å². The second-order valence-electron chi connectivity index (χ2n) is 13.4. The minimum atomic E-state index is 0.918. The normalized spacial score (nSPS) is 11.9.